The smallest absolute Gasteiger partial charge is 0.00915 e. The molecule has 0 fully saturated rings. The van der Waals surface area contributed by atoms with Crippen LogP contribution in [0.1, 0.15) is 20.3 Å². The van der Waals surface area contributed by atoms with Gasteiger partial charge in [-0.3, -0.25) is 0 Å². The summed E-state index contributed by atoms with van der Waals surface area (Å²) < 4.78 is 0. The second-order valence-corrected chi connectivity index (χ2v) is 2.91. The maximum absolute atomic E-state index is 3.72. The van der Waals surface area contributed by atoms with Crippen LogP contribution in [0, 0.1) is 0 Å². The minimum Gasteiger partial charge on any atom is -0.0988 e. The second-order valence-electron chi connectivity index (χ2n) is 2.91. The molecule has 1 rings (SSSR count). The molecule has 0 aromatic heterocycles. The Balaban J connectivity index is 2.79. The van der Waals surface area contributed by atoms with E-state index in [1.807, 2.05) is 6.08 Å². The Labute approximate surface area is 68.6 Å². The maximum atomic E-state index is 3.72. The third-order valence-electron chi connectivity index (χ3n) is 1.94. The van der Waals surface area contributed by atoms with E-state index < -0.39 is 0 Å². The fourth-order valence-electron chi connectivity index (χ4n) is 1.14. The van der Waals surface area contributed by atoms with Crippen LogP contribution in [0.4, 0.5) is 0 Å². The van der Waals surface area contributed by atoms with Crippen LogP contribution in [0.2, 0.25) is 0 Å². The summed E-state index contributed by atoms with van der Waals surface area (Å²) in [5.41, 5.74) is 4.04. The van der Waals surface area contributed by atoms with E-state index >= 15 is 0 Å². The summed E-state index contributed by atoms with van der Waals surface area (Å²) in [7, 11) is 0. The molecule has 0 atom stereocenters. The summed E-state index contributed by atoms with van der Waals surface area (Å²) in [4.78, 5) is 0. The highest BCUT2D eigenvalue weighted by molar-refractivity contribution is 5.41. The van der Waals surface area contributed by atoms with Gasteiger partial charge in [-0.1, -0.05) is 36.5 Å². The van der Waals surface area contributed by atoms with Crippen LogP contribution in [-0.2, 0) is 0 Å². The molecule has 0 bridgehead atoms. The van der Waals surface area contributed by atoms with E-state index in [2.05, 4.69) is 38.7 Å². The van der Waals surface area contributed by atoms with Crippen molar-refractivity contribution < 1.29 is 0 Å². The van der Waals surface area contributed by atoms with Gasteiger partial charge in [0.1, 0.15) is 0 Å². The first-order chi connectivity index (χ1) is 5.24. The lowest BCUT2D eigenvalue weighted by Gasteiger charge is -1.96. The Morgan fingerprint density at radius 3 is 2.82 bits per heavy atom. The van der Waals surface area contributed by atoms with Gasteiger partial charge in [0.15, 0.2) is 0 Å². The first kappa shape index (κ1) is 8.06. The zero-order chi connectivity index (χ0) is 8.27. The van der Waals surface area contributed by atoms with Crippen molar-refractivity contribution in [2.45, 2.75) is 20.3 Å². The second kappa shape index (κ2) is 3.38. The van der Waals surface area contributed by atoms with Gasteiger partial charge < -0.3 is 0 Å². The lowest BCUT2D eigenvalue weighted by molar-refractivity contribution is 1.28. The van der Waals surface area contributed by atoms with Gasteiger partial charge in [0.05, 0.1) is 0 Å². The molecule has 1 aliphatic rings. The highest BCUT2D eigenvalue weighted by atomic mass is 14.1. The summed E-state index contributed by atoms with van der Waals surface area (Å²) in [5.74, 6) is 0. The van der Waals surface area contributed by atoms with Crippen molar-refractivity contribution in [3.63, 3.8) is 0 Å². The molecule has 0 nitrogen and oxygen atoms in total. The zero-order valence-corrected chi connectivity index (χ0v) is 7.22. The van der Waals surface area contributed by atoms with Crippen molar-refractivity contribution in [1.29, 1.82) is 0 Å². The lowest BCUT2D eigenvalue weighted by Crippen LogP contribution is -1.76. The van der Waals surface area contributed by atoms with E-state index in [1.54, 1.807) is 0 Å². The van der Waals surface area contributed by atoms with Gasteiger partial charge in [0, 0.05) is 0 Å². The minimum absolute atomic E-state index is 1.08. The van der Waals surface area contributed by atoms with Gasteiger partial charge in [-0.15, -0.1) is 0 Å². The average molecular weight is 146 g/mol. The van der Waals surface area contributed by atoms with Gasteiger partial charge in [-0.25, -0.2) is 0 Å². The van der Waals surface area contributed by atoms with Gasteiger partial charge in [0.2, 0.25) is 0 Å². The molecule has 11 heavy (non-hydrogen) atoms. The molecule has 58 valence electrons. The van der Waals surface area contributed by atoms with Crippen molar-refractivity contribution in [2.24, 2.45) is 0 Å². The molecular weight excluding hydrogens is 132 g/mol. The molecule has 0 saturated heterocycles. The molecule has 0 aliphatic heterocycles. The third-order valence-corrected chi connectivity index (χ3v) is 1.94. The molecule has 0 N–H and O–H groups in total. The Morgan fingerprint density at radius 1 is 1.64 bits per heavy atom. The first-order valence-corrected chi connectivity index (χ1v) is 3.91. The number of hydrogen-bond acceptors (Lipinski definition) is 0. The van der Waals surface area contributed by atoms with E-state index in [1.165, 1.54) is 16.7 Å². The molecule has 0 amide bonds. The summed E-state index contributed by atoms with van der Waals surface area (Å²) in [6, 6.07) is 0. The fourth-order valence-corrected chi connectivity index (χ4v) is 1.14. The Bertz CT molecular complexity index is 249. The van der Waals surface area contributed by atoms with Crippen molar-refractivity contribution in [2.75, 3.05) is 0 Å². The Hall–Kier alpha value is -1.04. The number of allylic oxidation sites excluding steroid dienone is 7. The molecule has 0 heterocycles. The predicted octanol–water partition coefficient (Wildman–Crippen LogP) is 3.40. The van der Waals surface area contributed by atoms with Crippen molar-refractivity contribution in [3.05, 3.63) is 47.6 Å². The molecule has 0 spiro atoms. The van der Waals surface area contributed by atoms with Crippen LogP contribution in [0.25, 0.3) is 0 Å². The molecule has 0 unspecified atom stereocenters. The quantitative estimate of drug-likeness (QED) is 0.524. The van der Waals surface area contributed by atoms with E-state index in [0.29, 0.717) is 0 Å². The van der Waals surface area contributed by atoms with Crippen molar-refractivity contribution in [1.82, 2.24) is 0 Å². The monoisotopic (exact) mass is 146 g/mol. The highest BCUT2D eigenvalue weighted by Crippen LogP contribution is 2.20. The van der Waals surface area contributed by atoms with Gasteiger partial charge in [-0.2, -0.15) is 0 Å². The molecular formula is C11H14. The summed E-state index contributed by atoms with van der Waals surface area (Å²) in [6.45, 7) is 7.94. The van der Waals surface area contributed by atoms with Crippen LogP contribution >= 0.6 is 0 Å². The molecule has 0 saturated carbocycles. The van der Waals surface area contributed by atoms with Crippen LogP contribution in [-0.4, -0.2) is 0 Å². The standard InChI is InChI=1S/C11H14/c1-4-9(2)8-11-7-5-6-10(11)3/h4-6,8H,1,7H2,2-3H3/b9-8-. The van der Waals surface area contributed by atoms with Crippen LogP contribution in [0.5, 0.6) is 0 Å². The summed E-state index contributed by atoms with van der Waals surface area (Å²) in [5, 5.41) is 0. The largest absolute Gasteiger partial charge is 0.0988 e. The van der Waals surface area contributed by atoms with Crippen LogP contribution < -0.4 is 0 Å². The molecule has 0 aromatic carbocycles. The lowest BCUT2D eigenvalue weighted by atomic mass is 10.1. The predicted molar refractivity (Wildman–Crippen MR) is 50.4 cm³/mol. The summed E-state index contributed by atoms with van der Waals surface area (Å²) in [6.07, 6.45) is 9.53. The Morgan fingerprint density at radius 2 is 2.36 bits per heavy atom. The van der Waals surface area contributed by atoms with E-state index in [0.717, 1.165) is 6.42 Å². The van der Waals surface area contributed by atoms with Crippen LogP contribution in [0.3, 0.4) is 0 Å². The van der Waals surface area contributed by atoms with Crippen LogP contribution in [0.15, 0.2) is 47.6 Å². The van der Waals surface area contributed by atoms with Crippen molar-refractivity contribution in [3.8, 4) is 0 Å². The fraction of sp³-hybridized carbons (Fsp3) is 0.273. The minimum atomic E-state index is 1.08. The van der Waals surface area contributed by atoms with E-state index in [9.17, 15) is 0 Å². The molecule has 1 aliphatic carbocycles. The van der Waals surface area contributed by atoms with E-state index in [4.69, 9.17) is 0 Å². The maximum Gasteiger partial charge on any atom is -0.00915 e. The zero-order valence-electron chi connectivity index (χ0n) is 7.22. The van der Waals surface area contributed by atoms with Gasteiger partial charge in [-0.05, 0) is 31.4 Å². The topological polar surface area (TPSA) is 0 Å². The Kier molecular flexibility index (Phi) is 2.48. The van der Waals surface area contributed by atoms with Crippen molar-refractivity contribution >= 4 is 0 Å². The SMILES string of the molecule is C=C/C(C)=C\C1=C(C)C=CC1. The normalized spacial score (nSPS) is 17.8. The molecule has 0 heteroatoms. The van der Waals surface area contributed by atoms with Gasteiger partial charge >= 0.3 is 0 Å². The first-order valence-electron chi connectivity index (χ1n) is 3.91. The van der Waals surface area contributed by atoms with E-state index in [-0.39, 0.29) is 0 Å². The molecule has 0 radical (unpaired) electrons. The van der Waals surface area contributed by atoms with Gasteiger partial charge in [0.25, 0.3) is 0 Å². The average Bonchev–Trinajstić information content (AvgIpc) is 2.37. The number of rotatable bonds is 2. The molecule has 0 aromatic rings. The summed E-state index contributed by atoms with van der Waals surface area (Å²) >= 11 is 0. The highest BCUT2D eigenvalue weighted by Gasteiger charge is 2.00. The number of hydrogen-bond donors (Lipinski definition) is 0. The third kappa shape index (κ3) is 1.94.